The van der Waals surface area contributed by atoms with Crippen molar-refractivity contribution in [3.05, 3.63) is 41.1 Å². The molecule has 4 rings (SSSR count). The van der Waals surface area contributed by atoms with Crippen molar-refractivity contribution in [2.24, 2.45) is 0 Å². The Morgan fingerprint density at radius 3 is 2.43 bits per heavy atom. The number of hydrogen-bond donors (Lipinski definition) is 1. The van der Waals surface area contributed by atoms with Crippen LogP contribution in [0.15, 0.2) is 29.8 Å². The zero-order valence-corrected chi connectivity index (χ0v) is 12.8. The van der Waals surface area contributed by atoms with E-state index in [9.17, 15) is 9.59 Å². The molecule has 2 heterocycles. The van der Waals surface area contributed by atoms with Crippen molar-refractivity contribution in [1.82, 2.24) is 4.98 Å². The second-order valence-corrected chi connectivity index (χ2v) is 6.16. The van der Waals surface area contributed by atoms with Crippen LogP contribution in [0.1, 0.15) is 36.9 Å². The van der Waals surface area contributed by atoms with Gasteiger partial charge in [0.2, 0.25) is 0 Å². The van der Waals surface area contributed by atoms with Crippen LogP contribution in [-0.2, 0) is 19.1 Å². The summed E-state index contributed by atoms with van der Waals surface area (Å²) >= 11 is 0. The first-order valence-corrected chi connectivity index (χ1v) is 7.84. The number of aromatic amines is 1. The van der Waals surface area contributed by atoms with Crippen LogP contribution in [0.2, 0.25) is 0 Å². The maximum absolute atomic E-state index is 12.3. The average Bonchev–Trinajstić information content (AvgIpc) is 3.07. The predicted octanol–water partition coefficient (Wildman–Crippen LogP) is 3.23. The average molecular weight is 311 g/mol. The Hall–Kier alpha value is -2.56. The van der Waals surface area contributed by atoms with Crippen molar-refractivity contribution in [3.63, 3.8) is 0 Å². The van der Waals surface area contributed by atoms with Gasteiger partial charge >= 0.3 is 11.9 Å². The number of carbonyl (C=O) groups excluding carboxylic acids is 2. The normalized spacial score (nSPS) is 20.0. The van der Waals surface area contributed by atoms with Gasteiger partial charge in [-0.3, -0.25) is 0 Å². The summed E-state index contributed by atoms with van der Waals surface area (Å²) in [5.41, 5.74) is 2.62. The lowest BCUT2D eigenvalue weighted by Crippen LogP contribution is -2.44. The molecule has 1 spiro atoms. The van der Waals surface area contributed by atoms with E-state index in [1.807, 2.05) is 31.2 Å². The van der Waals surface area contributed by atoms with E-state index >= 15 is 0 Å². The first-order chi connectivity index (χ1) is 11.1. The van der Waals surface area contributed by atoms with Crippen LogP contribution in [0, 0.1) is 6.92 Å². The van der Waals surface area contributed by atoms with E-state index < -0.39 is 17.7 Å². The molecule has 1 N–H and O–H groups in total. The Balaban J connectivity index is 1.74. The molecule has 2 aliphatic rings. The number of esters is 2. The minimum Gasteiger partial charge on any atom is -0.419 e. The maximum Gasteiger partial charge on any atom is 0.348 e. The number of para-hydroxylation sites is 1. The number of H-pyrrole nitrogens is 1. The molecule has 0 amide bonds. The third kappa shape index (κ3) is 2.23. The van der Waals surface area contributed by atoms with Gasteiger partial charge in [0, 0.05) is 35.0 Å². The van der Waals surface area contributed by atoms with Gasteiger partial charge in [-0.2, -0.15) is 0 Å². The van der Waals surface area contributed by atoms with Gasteiger partial charge < -0.3 is 14.5 Å². The van der Waals surface area contributed by atoms with Crippen molar-refractivity contribution in [1.29, 1.82) is 0 Å². The van der Waals surface area contributed by atoms with E-state index in [1.165, 1.54) is 0 Å². The molecule has 1 saturated carbocycles. The van der Waals surface area contributed by atoms with Crippen LogP contribution in [0.4, 0.5) is 0 Å². The van der Waals surface area contributed by atoms with Crippen LogP contribution in [0.3, 0.4) is 0 Å². The first-order valence-electron chi connectivity index (χ1n) is 7.84. The Bertz CT molecular complexity index is 818. The highest BCUT2D eigenvalue weighted by Gasteiger charge is 2.47. The standard InChI is InChI=1S/C18H17NO4/c1-11-13(12-6-2-3-7-15(12)19-11)10-14-16(20)22-18(23-17(14)21)8-4-5-9-18/h2-3,6-7,10,19H,4-5,8-9H2,1H3. The van der Waals surface area contributed by atoms with Crippen molar-refractivity contribution in [2.75, 3.05) is 0 Å². The number of rotatable bonds is 1. The van der Waals surface area contributed by atoms with Crippen LogP contribution in [-0.4, -0.2) is 22.7 Å². The molecular formula is C18H17NO4. The van der Waals surface area contributed by atoms with Gasteiger partial charge in [0.1, 0.15) is 5.57 Å². The largest absolute Gasteiger partial charge is 0.419 e. The molecule has 2 aromatic rings. The Kier molecular flexibility index (Phi) is 3.04. The van der Waals surface area contributed by atoms with Crippen molar-refractivity contribution >= 4 is 28.9 Å². The number of fused-ring (bicyclic) bond motifs is 1. The molecule has 1 aliphatic heterocycles. The smallest absolute Gasteiger partial charge is 0.348 e. The summed E-state index contributed by atoms with van der Waals surface area (Å²) in [5.74, 6) is -2.21. The fourth-order valence-electron chi connectivity index (χ4n) is 3.42. The van der Waals surface area contributed by atoms with Gasteiger partial charge in [-0.25, -0.2) is 9.59 Å². The van der Waals surface area contributed by atoms with Gasteiger partial charge in [-0.05, 0) is 31.9 Å². The number of aryl methyl sites for hydroxylation is 1. The van der Waals surface area contributed by atoms with Crippen LogP contribution in [0.25, 0.3) is 17.0 Å². The Morgan fingerprint density at radius 1 is 1.09 bits per heavy atom. The van der Waals surface area contributed by atoms with E-state index in [0.29, 0.717) is 12.8 Å². The molecule has 5 nitrogen and oxygen atoms in total. The first kappa shape index (κ1) is 14.1. The third-order valence-electron chi connectivity index (χ3n) is 4.59. The number of aromatic nitrogens is 1. The lowest BCUT2D eigenvalue weighted by Gasteiger charge is -2.32. The van der Waals surface area contributed by atoms with E-state index in [1.54, 1.807) is 6.08 Å². The van der Waals surface area contributed by atoms with Gasteiger partial charge in [0.25, 0.3) is 5.79 Å². The molecule has 2 fully saturated rings. The second kappa shape index (κ2) is 4.98. The lowest BCUT2D eigenvalue weighted by molar-refractivity contribution is -0.232. The summed E-state index contributed by atoms with van der Waals surface area (Å²) in [7, 11) is 0. The Labute approximate surface area is 133 Å². The Morgan fingerprint density at radius 2 is 1.74 bits per heavy atom. The zero-order chi connectivity index (χ0) is 16.0. The molecule has 0 bridgehead atoms. The summed E-state index contributed by atoms with van der Waals surface area (Å²) < 4.78 is 10.9. The summed E-state index contributed by atoms with van der Waals surface area (Å²) in [4.78, 5) is 27.9. The SMILES string of the molecule is Cc1[nH]c2ccccc2c1C=C1C(=O)OC2(CCCC2)OC1=O. The third-order valence-corrected chi connectivity index (χ3v) is 4.59. The van der Waals surface area contributed by atoms with Gasteiger partial charge in [-0.15, -0.1) is 0 Å². The predicted molar refractivity (Wildman–Crippen MR) is 84.4 cm³/mol. The monoisotopic (exact) mass is 311 g/mol. The van der Waals surface area contributed by atoms with Gasteiger partial charge in [0.15, 0.2) is 0 Å². The van der Waals surface area contributed by atoms with Crippen molar-refractivity contribution < 1.29 is 19.1 Å². The molecule has 0 unspecified atom stereocenters. The maximum atomic E-state index is 12.3. The molecule has 1 aliphatic carbocycles. The molecule has 1 aromatic carbocycles. The minimum atomic E-state index is -1.03. The molecule has 0 atom stereocenters. The van der Waals surface area contributed by atoms with E-state index in [2.05, 4.69) is 4.98 Å². The second-order valence-electron chi connectivity index (χ2n) is 6.16. The number of carbonyl (C=O) groups is 2. The zero-order valence-electron chi connectivity index (χ0n) is 12.8. The molecule has 1 aromatic heterocycles. The van der Waals surface area contributed by atoms with Gasteiger partial charge in [-0.1, -0.05) is 18.2 Å². The summed E-state index contributed by atoms with van der Waals surface area (Å²) in [6.45, 7) is 1.91. The lowest BCUT2D eigenvalue weighted by atomic mass is 10.1. The fourth-order valence-corrected chi connectivity index (χ4v) is 3.42. The molecule has 23 heavy (non-hydrogen) atoms. The molecule has 118 valence electrons. The van der Waals surface area contributed by atoms with E-state index in [-0.39, 0.29) is 5.57 Å². The van der Waals surface area contributed by atoms with E-state index in [4.69, 9.17) is 9.47 Å². The number of nitrogens with one attached hydrogen (secondary N) is 1. The highest BCUT2D eigenvalue weighted by atomic mass is 16.7. The molecule has 0 radical (unpaired) electrons. The number of benzene rings is 1. The van der Waals surface area contributed by atoms with Gasteiger partial charge in [0.05, 0.1) is 0 Å². The van der Waals surface area contributed by atoms with Crippen molar-refractivity contribution in [2.45, 2.75) is 38.4 Å². The molecule has 1 saturated heterocycles. The van der Waals surface area contributed by atoms with E-state index in [0.717, 1.165) is 35.0 Å². The quantitative estimate of drug-likeness (QED) is 0.499. The highest BCUT2D eigenvalue weighted by molar-refractivity contribution is 6.19. The highest BCUT2D eigenvalue weighted by Crippen LogP contribution is 2.39. The van der Waals surface area contributed by atoms with Crippen molar-refractivity contribution in [3.8, 4) is 0 Å². The number of hydrogen-bond acceptors (Lipinski definition) is 4. The number of ether oxygens (including phenoxy) is 2. The van der Waals surface area contributed by atoms with Crippen LogP contribution >= 0.6 is 0 Å². The summed E-state index contributed by atoms with van der Waals surface area (Å²) in [6, 6.07) is 7.75. The molecule has 5 heteroatoms. The summed E-state index contributed by atoms with van der Waals surface area (Å²) in [5, 5.41) is 0.958. The minimum absolute atomic E-state index is 0.0459. The topological polar surface area (TPSA) is 68.4 Å². The molecular weight excluding hydrogens is 294 g/mol. The van der Waals surface area contributed by atoms with Crippen LogP contribution in [0.5, 0.6) is 0 Å². The fraction of sp³-hybridized carbons (Fsp3) is 0.333. The summed E-state index contributed by atoms with van der Waals surface area (Å²) in [6.07, 6.45) is 4.55. The van der Waals surface area contributed by atoms with Crippen LogP contribution < -0.4 is 0 Å².